The van der Waals surface area contributed by atoms with Crippen molar-refractivity contribution >= 4 is 11.6 Å². The number of piperidine rings is 1. The summed E-state index contributed by atoms with van der Waals surface area (Å²) in [5.74, 6) is 7.61. The topological polar surface area (TPSA) is 63.4 Å². The molecule has 0 aliphatic carbocycles. The van der Waals surface area contributed by atoms with Crippen LogP contribution in [-0.2, 0) is 4.74 Å². The molecule has 2 rings (SSSR count). The highest BCUT2D eigenvalue weighted by atomic mass is 16.5. The van der Waals surface area contributed by atoms with Gasteiger partial charge < -0.3 is 15.1 Å². The van der Waals surface area contributed by atoms with Crippen LogP contribution < -0.4 is 16.2 Å². The number of methoxy groups -OCH3 is 1. The van der Waals surface area contributed by atoms with E-state index in [2.05, 4.69) is 22.2 Å². The predicted molar refractivity (Wildman–Crippen MR) is 68.8 cm³/mol. The molecule has 1 fully saturated rings. The number of hydrazine groups is 1. The predicted octanol–water partition coefficient (Wildman–Crippen LogP) is 1.23. The minimum absolute atomic E-state index is 0.278. The van der Waals surface area contributed by atoms with E-state index < -0.39 is 0 Å². The Kier molecular flexibility index (Phi) is 3.81. The normalized spacial score (nSPS) is 24.8. The minimum Gasteiger partial charge on any atom is -0.379 e. The van der Waals surface area contributed by atoms with Crippen LogP contribution in [0.1, 0.15) is 13.3 Å². The van der Waals surface area contributed by atoms with Crippen molar-refractivity contribution in [2.45, 2.75) is 19.4 Å². The zero-order valence-electron chi connectivity index (χ0n) is 10.4. The smallest absolute Gasteiger partial charge is 0.142 e. The number of anilines is 2. The molecule has 1 aromatic rings. The highest BCUT2D eigenvalue weighted by Gasteiger charge is 2.26. The van der Waals surface area contributed by atoms with Crippen LogP contribution in [0.4, 0.5) is 11.6 Å². The lowest BCUT2D eigenvalue weighted by Gasteiger charge is -2.36. The minimum atomic E-state index is 0.278. The van der Waals surface area contributed by atoms with Crippen molar-refractivity contribution in [3.8, 4) is 0 Å². The van der Waals surface area contributed by atoms with Gasteiger partial charge in [0, 0.05) is 20.2 Å². The molecule has 0 aromatic carbocycles. The van der Waals surface area contributed by atoms with Crippen molar-refractivity contribution in [1.29, 1.82) is 0 Å². The molecule has 1 aromatic heterocycles. The van der Waals surface area contributed by atoms with E-state index in [-0.39, 0.29) is 6.10 Å². The van der Waals surface area contributed by atoms with Gasteiger partial charge in [0.1, 0.15) is 11.6 Å². The molecule has 94 valence electrons. The molecule has 2 atom stereocenters. The molecular weight excluding hydrogens is 216 g/mol. The molecule has 17 heavy (non-hydrogen) atoms. The Bertz CT molecular complexity index is 371. The van der Waals surface area contributed by atoms with Crippen LogP contribution in [0.2, 0.25) is 0 Å². The summed E-state index contributed by atoms with van der Waals surface area (Å²) >= 11 is 0. The van der Waals surface area contributed by atoms with Gasteiger partial charge in [-0.15, -0.1) is 0 Å². The van der Waals surface area contributed by atoms with Crippen LogP contribution in [0.3, 0.4) is 0 Å². The molecule has 5 nitrogen and oxygen atoms in total. The Morgan fingerprint density at radius 3 is 3.06 bits per heavy atom. The van der Waals surface area contributed by atoms with Crippen LogP contribution in [0.15, 0.2) is 18.2 Å². The molecule has 1 aliphatic heterocycles. The Morgan fingerprint density at radius 2 is 2.35 bits per heavy atom. The second kappa shape index (κ2) is 5.33. The van der Waals surface area contributed by atoms with E-state index in [1.165, 1.54) is 0 Å². The summed E-state index contributed by atoms with van der Waals surface area (Å²) in [5.41, 5.74) is 2.57. The number of nitrogens with zero attached hydrogens (tertiary/aromatic N) is 2. The number of pyridine rings is 1. The SMILES string of the molecule is COC1CN(c2cccc(NN)n2)CCC1C. The molecule has 1 aliphatic rings. The Morgan fingerprint density at radius 1 is 1.53 bits per heavy atom. The summed E-state index contributed by atoms with van der Waals surface area (Å²) in [7, 11) is 1.77. The first-order chi connectivity index (χ1) is 8.24. The van der Waals surface area contributed by atoms with E-state index >= 15 is 0 Å². The highest BCUT2D eigenvalue weighted by molar-refractivity contribution is 5.46. The van der Waals surface area contributed by atoms with Crippen molar-refractivity contribution in [1.82, 2.24) is 4.98 Å². The summed E-state index contributed by atoms with van der Waals surface area (Å²) in [6.07, 6.45) is 1.40. The first-order valence-corrected chi connectivity index (χ1v) is 5.96. The average molecular weight is 236 g/mol. The number of nitrogens with one attached hydrogen (secondary N) is 1. The van der Waals surface area contributed by atoms with Crippen molar-refractivity contribution in [2.24, 2.45) is 11.8 Å². The molecule has 1 saturated heterocycles. The summed E-state index contributed by atoms with van der Waals surface area (Å²) in [5, 5.41) is 0. The van der Waals surface area contributed by atoms with Crippen LogP contribution in [0.5, 0.6) is 0 Å². The summed E-state index contributed by atoms with van der Waals surface area (Å²) < 4.78 is 5.50. The summed E-state index contributed by atoms with van der Waals surface area (Å²) in [4.78, 5) is 6.69. The van der Waals surface area contributed by atoms with Gasteiger partial charge in [-0.05, 0) is 24.5 Å². The average Bonchev–Trinajstić information content (AvgIpc) is 2.39. The van der Waals surface area contributed by atoms with E-state index in [0.29, 0.717) is 11.7 Å². The van der Waals surface area contributed by atoms with E-state index in [1.54, 1.807) is 7.11 Å². The third-order valence-electron chi connectivity index (χ3n) is 3.40. The quantitative estimate of drug-likeness (QED) is 0.610. The molecule has 3 N–H and O–H groups in total. The highest BCUT2D eigenvalue weighted by Crippen LogP contribution is 2.24. The Balaban J connectivity index is 2.11. The number of hydrogen-bond acceptors (Lipinski definition) is 5. The maximum atomic E-state index is 5.50. The lowest BCUT2D eigenvalue weighted by molar-refractivity contribution is 0.0496. The van der Waals surface area contributed by atoms with Gasteiger partial charge in [-0.1, -0.05) is 13.0 Å². The molecule has 2 unspecified atom stereocenters. The van der Waals surface area contributed by atoms with Gasteiger partial charge in [-0.2, -0.15) is 0 Å². The van der Waals surface area contributed by atoms with Crippen molar-refractivity contribution < 1.29 is 4.74 Å². The zero-order valence-corrected chi connectivity index (χ0v) is 10.4. The van der Waals surface area contributed by atoms with Gasteiger partial charge in [0.2, 0.25) is 0 Å². The number of nitrogens with two attached hydrogens (primary N) is 1. The standard InChI is InChI=1S/C12H20N4O/c1-9-6-7-16(8-10(9)17-2)12-5-3-4-11(14-12)15-13/h3-5,9-10H,6-8,13H2,1-2H3,(H,14,15). The number of rotatable bonds is 3. The molecule has 0 spiro atoms. The van der Waals surface area contributed by atoms with E-state index in [4.69, 9.17) is 10.6 Å². The second-order valence-electron chi connectivity index (χ2n) is 4.51. The lowest BCUT2D eigenvalue weighted by atomic mass is 9.96. The fraction of sp³-hybridized carbons (Fsp3) is 0.583. The molecule has 5 heteroatoms. The van der Waals surface area contributed by atoms with Gasteiger partial charge in [-0.25, -0.2) is 10.8 Å². The lowest BCUT2D eigenvalue weighted by Crippen LogP contribution is -2.44. The van der Waals surface area contributed by atoms with Crippen molar-refractivity contribution in [3.05, 3.63) is 18.2 Å². The van der Waals surface area contributed by atoms with Gasteiger partial charge in [-0.3, -0.25) is 0 Å². The second-order valence-corrected chi connectivity index (χ2v) is 4.51. The van der Waals surface area contributed by atoms with E-state index in [1.807, 2.05) is 18.2 Å². The summed E-state index contributed by atoms with van der Waals surface area (Å²) in [6, 6.07) is 5.81. The van der Waals surface area contributed by atoms with E-state index in [0.717, 1.165) is 25.3 Å². The molecule has 2 heterocycles. The van der Waals surface area contributed by atoms with Crippen molar-refractivity contribution in [2.75, 3.05) is 30.5 Å². The van der Waals surface area contributed by atoms with Crippen LogP contribution in [0, 0.1) is 5.92 Å². The third-order valence-corrected chi connectivity index (χ3v) is 3.40. The Labute approximate surface area is 102 Å². The first kappa shape index (κ1) is 12.1. The monoisotopic (exact) mass is 236 g/mol. The molecule has 0 radical (unpaired) electrons. The molecule has 0 bridgehead atoms. The van der Waals surface area contributed by atoms with Crippen LogP contribution in [-0.4, -0.2) is 31.3 Å². The van der Waals surface area contributed by atoms with Gasteiger partial charge in [0.25, 0.3) is 0 Å². The number of hydrogen-bond donors (Lipinski definition) is 2. The van der Waals surface area contributed by atoms with Crippen LogP contribution in [0.25, 0.3) is 0 Å². The zero-order chi connectivity index (χ0) is 12.3. The molecular formula is C12H20N4O. The maximum absolute atomic E-state index is 5.50. The van der Waals surface area contributed by atoms with Crippen molar-refractivity contribution in [3.63, 3.8) is 0 Å². The maximum Gasteiger partial charge on any atom is 0.142 e. The molecule has 0 amide bonds. The third kappa shape index (κ3) is 2.68. The van der Waals surface area contributed by atoms with Gasteiger partial charge in [0.15, 0.2) is 0 Å². The Hall–Kier alpha value is -1.33. The molecule has 0 saturated carbocycles. The number of aromatic nitrogens is 1. The van der Waals surface area contributed by atoms with E-state index in [9.17, 15) is 0 Å². The fourth-order valence-electron chi connectivity index (χ4n) is 2.23. The fourth-order valence-corrected chi connectivity index (χ4v) is 2.23. The first-order valence-electron chi connectivity index (χ1n) is 5.96. The van der Waals surface area contributed by atoms with Crippen LogP contribution >= 0.6 is 0 Å². The van der Waals surface area contributed by atoms with Gasteiger partial charge in [0.05, 0.1) is 6.10 Å². The number of ether oxygens (including phenoxy) is 1. The van der Waals surface area contributed by atoms with Gasteiger partial charge >= 0.3 is 0 Å². The largest absolute Gasteiger partial charge is 0.379 e. The summed E-state index contributed by atoms with van der Waals surface area (Å²) in [6.45, 7) is 4.14. The number of nitrogen functional groups attached to an aromatic ring is 1.